The topological polar surface area (TPSA) is 91.7 Å². The molecule has 146 valence electrons. The summed E-state index contributed by atoms with van der Waals surface area (Å²) >= 11 is 0. The van der Waals surface area contributed by atoms with Crippen LogP contribution < -0.4 is 0 Å². The lowest BCUT2D eigenvalue weighted by Crippen LogP contribution is -2.62. The van der Waals surface area contributed by atoms with Crippen molar-refractivity contribution in [3.8, 4) is 0 Å². The molecule has 0 aromatic carbocycles. The molecule has 4 aliphatic carbocycles. The van der Waals surface area contributed by atoms with Gasteiger partial charge in [-0.3, -0.25) is 14.4 Å². The second-order valence-electron chi connectivity index (χ2n) is 9.62. The van der Waals surface area contributed by atoms with Crippen molar-refractivity contribution in [3.63, 3.8) is 0 Å². The van der Waals surface area contributed by atoms with E-state index >= 15 is 0 Å². The van der Waals surface area contributed by atoms with Crippen LogP contribution in [0.15, 0.2) is 23.8 Å². The Labute approximate surface area is 159 Å². The normalized spacial score (nSPS) is 51.1. The third kappa shape index (κ3) is 2.21. The number of Topliss-reactive ketones (excluding diaryl/α,β-unsaturated/α-hetero) is 1. The minimum absolute atomic E-state index is 0.00488. The van der Waals surface area contributed by atoms with E-state index in [-0.39, 0.29) is 48.6 Å². The van der Waals surface area contributed by atoms with E-state index in [9.17, 15) is 24.6 Å². The van der Waals surface area contributed by atoms with Gasteiger partial charge in [-0.05, 0) is 55.6 Å². The van der Waals surface area contributed by atoms with Crippen LogP contribution in [0, 0.1) is 34.5 Å². The first kappa shape index (κ1) is 18.8. The zero-order valence-electron chi connectivity index (χ0n) is 16.1. The van der Waals surface area contributed by atoms with Crippen molar-refractivity contribution in [2.45, 2.75) is 58.2 Å². The quantitative estimate of drug-likeness (QED) is 0.571. The van der Waals surface area contributed by atoms with E-state index in [1.165, 1.54) is 0 Å². The summed E-state index contributed by atoms with van der Waals surface area (Å²) in [4.78, 5) is 35.4. The summed E-state index contributed by atoms with van der Waals surface area (Å²) < 4.78 is 0. The highest BCUT2D eigenvalue weighted by atomic mass is 16.3. The first-order valence-electron chi connectivity index (χ1n) is 9.94. The average Bonchev–Trinajstić information content (AvgIpc) is 2.87. The summed E-state index contributed by atoms with van der Waals surface area (Å²) in [5, 5.41) is 22.4. The number of allylic oxidation sites excluding steroid dienone is 4. The molecule has 0 aromatic rings. The van der Waals surface area contributed by atoms with Crippen LogP contribution in [0.2, 0.25) is 0 Å². The van der Waals surface area contributed by atoms with Crippen LogP contribution in [0.3, 0.4) is 0 Å². The summed E-state index contributed by atoms with van der Waals surface area (Å²) in [5.74, 6) is -0.452. The average molecular weight is 372 g/mol. The van der Waals surface area contributed by atoms with Crippen LogP contribution in [0.4, 0.5) is 0 Å². The van der Waals surface area contributed by atoms with Crippen molar-refractivity contribution in [3.05, 3.63) is 23.8 Å². The van der Waals surface area contributed by atoms with Gasteiger partial charge in [0.2, 0.25) is 5.78 Å². The monoisotopic (exact) mass is 372 g/mol. The van der Waals surface area contributed by atoms with E-state index in [4.69, 9.17) is 0 Å². The van der Waals surface area contributed by atoms with Gasteiger partial charge < -0.3 is 10.2 Å². The number of aldehydes is 1. The molecule has 4 rings (SSSR count). The molecule has 0 heterocycles. The summed E-state index contributed by atoms with van der Waals surface area (Å²) in [6.45, 7) is 6.07. The first-order chi connectivity index (χ1) is 12.6. The number of carbonyl (C=O) groups excluding carboxylic acids is 3. The SMILES string of the molecule is C[C@H]1CC2C(C(O)CC3(C)C2CCC3(O)C(=O)C=O)C2(C)C=CC(=O)C=C12. The Balaban J connectivity index is 1.79. The molecule has 4 aliphatic rings. The number of fused-ring (bicyclic) bond motifs is 5. The number of ketones is 2. The highest BCUT2D eigenvalue weighted by molar-refractivity contribution is 6.29. The maximum absolute atomic E-state index is 12.3. The zero-order valence-corrected chi connectivity index (χ0v) is 16.1. The fourth-order valence-electron chi connectivity index (χ4n) is 7.26. The Bertz CT molecular complexity index is 782. The standard InChI is InChI=1S/C22H28O5/c1-12-8-14-15-5-7-22(27,18(26)11-23)21(15,3)10-17(25)19(14)20(2)6-4-13(24)9-16(12)20/h4,6,9,11-12,14-15,17,19,25,27H,5,7-8,10H2,1-3H3/t12-,14?,15?,17?,19?,20?,21?,22?/m0/s1. The van der Waals surface area contributed by atoms with Crippen molar-refractivity contribution in [2.75, 3.05) is 0 Å². The smallest absolute Gasteiger partial charge is 0.227 e. The lowest BCUT2D eigenvalue weighted by atomic mass is 9.45. The molecular weight excluding hydrogens is 344 g/mol. The lowest BCUT2D eigenvalue weighted by molar-refractivity contribution is -0.178. The highest BCUT2D eigenvalue weighted by Crippen LogP contribution is 2.67. The number of carbonyl (C=O) groups is 3. The van der Waals surface area contributed by atoms with E-state index in [0.29, 0.717) is 6.42 Å². The molecule has 0 aliphatic heterocycles. The van der Waals surface area contributed by atoms with Gasteiger partial charge in [0.05, 0.1) is 6.10 Å². The zero-order chi connectivity index (χ0) is 19.8. The van der Waals surface area contributed by atoms with E-state index in [1.807, 2.05) is 13.0 Å². The summed E-state index contributed by atoms with van der Waals surface area (Å²) in [6, 6.07) is 0. The summed E-state index contributed by atoms with van der Waals surface area (Å²) in [6.07, 6.45) is 6.83. The third-order valence-corrected chi connectivity index (χ3v) is 8.48. The van der Waals surface area contributed by atoms with Crippen molar-refractivity contribution in [1.82, 2.24) is 0 Å². The Morgan fingerprint density at radius 2 is 2.04 bits per heavy atom. The molecule has 0 aromatic heterocycles. The van der Waals surface area contributed by atoms with Crippen molar-refractivity contribution >= 4 is 17.9 Å². The Morgan fingerprint density at radius 3 is 2.70 bits per heavy atom. The minimum atomic E-state index is -1.69. The summed E-state index contributed by atoms with van der Waals surface area (Å²) in [5.41, 5.74) is -1.82. The van der Waals surface area contributed by atoms with Crippen LogP contribution in [-0.4, -0.2) is 39.8 Å². The van der Waals surface area contributed by atoms with Crippen molar-refractivity contribution in [1.29, 1.82) is 0 Å². The predicted molar refractivity (Wildman–Crippen MR) is 98.6 cm³/mol. The van der Waals surface area contributed by atoms with Gasteiger partial charge in [-0.15, -0.1) is 0 Å². The fourth-order valence-corrected chi connectivity index (χ4v) is 7.26. The number of hydrogen-bond acceptors (Lipinski definition) is 5. The molecule has 8 atom stereocenters. The number of hydrogen-bond donors (Lipinski definition) is 2. The van der Waals surface area contributed by atoms with E-state index in [0.717, 1.165) is 12.0 Å². The van der Waals surface area contributed by atoms with Gasteiger partial charge in [0.25, 0.3) is 0 Å². The molecule has 3 fully saturated rings. The van der Waals surface area contributed by atoms with Gasteiger partial charge in [0.1, 0.15) is 5.60 Å². The van der Waals surface area contributed by atoms with Crippen molar-refractivity contribution in [2.24, 2.45) is 34.5 Å². The molecule has 0 amide bonds. The first-order valence-corrected chi connectivity index (χ1v) is 9.94. The molecule has 0 saturated heterocycles. The van der Waals surface area contributed by atoms with Gasteiger partial charge in [0, 0.05) is 16.7 Å². The fraction of sp³-hybridized carbons (Fsp3) is 0.682. The van der Waals surface area contributed by atoms with Crippen LogP contribution >= 0.6 is 0 Å². The van der Waals surface area contributed by atoms with Crippen LogP contribution in [0.1, 0.15) is 46.5 Å². The molecular formula is C22H28O5. The molecule has 0 spiro atoms. The van der Waals surface area contributed by atoms with E-state index in [2.05, 4.69) is 13.8 Å². The second-order valence-corrected chi connectivity index (χ2v) is 9.62. The molecule has 0 bridgehead atoms. The molecule has 0 radical (unpaired) electrons. The minimum Gasteiger partial charge on any atom is -0.393 e. The van der Waals surface area contributed by atoms with Crippen LogP contribution in [-0.2, 0) is 14.4 Å². The Hall–Kier alpha value is -1.59. The van der Waals surface area contributed by atoms with E-state index in [1.54, 1.807) is 12.2 Å². The molecule has 27 heavy (non-hydrogen) atoms. The lowest BCUT2D eigenvalue weighted by Gasteiger charge is -2.60. The van der Waals surface area contributed by atoms with Gasteiger partial charge in [-0.25, -0.2) is 0 Å². The summed E-state index contributed by atoms with van der Waals surface area (Å²) in [7, 11) is 0. The van der Waals surface area contributed by atoms with Crippen LogP contribution in [0.25, 0.3) is 0 Å². The molecule has 3 saturated carbocycles. The molecule has 5 heteroatoms. The van der Waals surface area contributed by atoms with Gasteiger partial charge in [0.15, 0.2) is 12.1 Å². The molecule has 7 unspecified atom stereocenters. The predicted octanol–water partition coefficient (Wildman–Crippen LogP) is 2.01. The van der Waals surface area contributed by atoms with Crippen molar-refractivity contribution < 1.29 is 24.6 Å². The Kier molecular flexibility index (Phi) is 3.97. The largest absolute Gasteiger partial charge is 0.393 e. The molecule has 5 nitrogen and oxygen atoms in total. The number of aliphatic hydroxyl groups is 2. The third-order valence-electron chi connectivity index (χ3n) is 8.48. The second kappa shape index (κ2) is 5.71. The number of rotatable bonds is 2. The van der Waals surface area contributed by atoms with Gasteiger partial charge in [-0.2, -0.15) is 0 Å². The maximum Gasteiger partial charge on any atom is 0.227 e. The van der Waals surface area contributed by atoms with Gasteiger partial charge >= 0.3 is 0 Å². The number of aliphatic hydroxyl groups excluding tert-OH is 1. The highest BCUT2D eigenvalue weighted by Gasteiger charge is 2.68. The van der Waals surface area contributed by atoms with Crippen LogP contribution in [0.5, 0.6) is 0 Å². The van der Waals surface area contributed by atoms with E-state index < -0.39 is 28.3 Å². The van der Waals surface area contributed by atoms with Gasteiger partial charge in [-0.1, -0.05) is 32.4 Å². The molecule has 2 N–H and O–H groups in total. The Morgan fingerprint density at radius 1 is 1.33 bits per heavy atom. The maximum atomic E-state index is 12.3.